The minimum Gasteiger partial charge on any atom is -0.396 e. The first kappa shape index (κ1) is 15.7. The van der Waals surface area contributed by atoms with Gasteiger partial charge in [0.15, 0.2) is 5.78 Å². The van der Waals surface area contributed by atoms with Crippen molar-refractivity contribution < 1.29 is 15.0 Å². The number of carbonyl (C=O) groups excluding carboxylic acids is 1. The predicted molar refractivity (Wildman–Crippen MR) is 86.1 cm³/mol. The molecule has 5 nitrogen and oxygen atoms in total. The molecule has 5 heteroatoms. The number of aliphatic hydroxyl groups excluding tert-OH is 2. The van der Waals surface area contributed by atoms with Crippen molar-refractivity contribution in [3.05, 3.63) is 35.2 Å². The van der Waals surface area contributed by atoms with E-state index in [2.05, 4.69) is 15.8 Å². The molecule has 1 saturated heterocycles. The molecule has 0 amide bonds. The minimum absolute atomic E-state index is 0.0299. The molecule has 0 aromatic carbocycles. The van der Waals surface area contributed by atoms with E-state index >= 15 is 0 Å². The number of carbonyl (C=O) groups is 1. The molecular formula is C18H20N2O3. The van der Waals surface area contributed by atoms with E-state index in [-0.39, 0.29) is 25.4 Å². The van der Waals surface area contributed by atoms with Gasteiger partial charge in [-0.1, -0.05) is 5.92 Å². The van der Waals surface area contributed by atoms with Gasteiger partial charge in [-0.25, -0.2) is 0 Å². The third-order valence-corrected chi connectivity index (χ3v) is 4.98. The third kappa shape index (κ3) is 2.65. The van der Waals surface area contributed by atoms with Gasteiger partial charge in [0.25, 0.3) is 0 Å². The number of fused-ring (bicyclic) bond motifs is 1. The summed E-state index contributed by atoms with van der Waals surface area (Å²) in [6, 6.07) is 1.90. The number of aromatic nitrogens is 1. The molecule has 23 heavy (non-hydrogen) atoms. The number of pyridine rings is 1. The fourth-order valence-electron chi connectivity index (χ4n) is 3.38. The van der Waals surface area contributed by atoms with Crippen LogP contribution in [0.2, 0.25) is 0 Å². The lowest BCUT2D eigenvalue weighted by Gasteiger charge is -2.42. The van der Waals surface area contributed by atoms with Gasteiger partial charge in [-0.3, -0.25) is 9.78 Å². The molecule has 0 bridgehead atoms. The molecule has 1 fully saturated rings. The average Bonchev–Trinajstić information content (AvgIpc) is 2.60. The number of nitrogens with zero attached hydrogens (tertiary/aromatic N) is 2. The van der Waals surface area contributed by atoms with Gasteiger partial charge in [-0.15, -0.1) is 6.42 Å². The van der Waals surface area contributed by atoms with Crippen LogP contribution in [0.15, 0.2) is 24.0 Å². The van der Waals surface area contributed by atoms with Gasteiger partial charge in [0, 0.05) is 42.9 Å². The molecule has 3 rings (SSSR count). The summed E-state index contributed by atoms with van der Waals surface area (Å²) in [5.41, 5.74) is 2.64. The molecule has 2 aliphatic rings. The van der Waals surface area contributed by atoms with E-state index in [0.717, 1.165) is 16.8 Å². The van der Waals surface area contributed by atoms with Crippen LogP contribution < -0.4 is 0 Å². The summed E-state index contributed by atoms with van der Waals surface area (Å²) < 4.78 is 0. The zero-order chi connectivity index (χ0) is 16.4. The summed E-state index contributed by atoms with van der Waals surface area (Å²) >= 11 is 0. The molecule has 0 unspecified atom stereocenters. The summed E-state index contributed by atoms with van der Waals surface area (Å²) in [7, 11) is 0. The van der Waals surface area contributed by atoms with Gasteiger partial charge < -0.3 is 15.1 Å². The minimum atomic E-state index is -0.437. The maximum absolute atomic E-state index is 12.3. The normalized spacial score (nSPS) is 20.2. The third-order valence-electron chi connectivity index (χ3n) is 4.98. The van der Waals surface area contributed by atoms with E-state index < -0.39 is 5.41 Å². The van der Waals surface area contributed by atoms with Crippen LogP contribution in [0.4, 0.5) is 0 Å². The van der Waals surface area contributed by atoms with Gasteiger partial charge in [0.1, 0.15) is 0 Å². The Morgan fingerprint density at radius 1 is 1.30 bits per heavy atom. The fraction of sp³-hybridized carbons (Fsp3) is 0.444. The number of likely N-dealkylation sites (tertiary alicyclic amines) is 1. The van der Waals surface area contributed by atoms with E-state index in [1.54, 1.807) is 12.4 Å². The second-order valence-corrected chi connectivity index (χ2v) is 6.30. The smallest absolute Gasteiger partial charge is 0.177 e. The van der Waals surface area contributed by atoms with Crippen LogP contribution in [0.1, 0.15) is 24.0 Å². The molecule has 2 heterocycles. The summed E-state index contributed by atoms with van der Waals surface area (Å²) in [6.07, 6.45) is 10.6. The molecule has 1 aliphatic heterocycles. The molecular weight excluding hydrogens is 292 g/mol. The zero-order valence-corrected chi connectivity index (χ0v) is 13.0. The number of rotatable bonds is 3. The Morgan fingerprint density at radius 3 is 2.61 bits per heavy atom. The molecule has 0 spiro atoms. The van der Waals surface area contributed by atoms with Gasteiger partial charge >= 0.3 is 0 Å². The highest BCUT2D eigenvalue weighted by molar-refractivity contribution is 6.10. The van der Waals surface area contributed by atoms with Crippen molar-refractivity contribution in [2.75, 3.05) is 26.3 Å². The number of aliphatic hydroxyl groups is 2. The van der Waals surface area contributed by atoms with Gasteiger partial charge in [-0.2, -0.15) is 0 Å². The van der Waals surface area contributed by atoms with Crippen molar-refractivity contribution in [1.29, 1.82) is 0 Å². The number of ketones is 1. The first-order chi connectivity index (χ1) is 11.1. The summed E-state index contributed by atoms with van der Waals surface area (Å²) in [5.74, 6) is 2.51. The SMILES string of the molecule is C#CC1=C(N2CCC(CO)(CO)CC2)c2ccncc2CC1=O. The summed E-state index contributed by atoms with van der Waals surface area (Å²) in [6.45, 7) is 1.24. The van der Waals surface area contributed by atoms with Gasteiger partial charge in [0.05, 0.1) is 24.5 Å². The van der Waals surface area contributed by atoms with E-state index in [4.69, 9.17) is 6.42 Å². The van der Waals surface area contributed by atoms with Crippen LogP contribution in [0.3, 0.4) is 0 Å². The second-order valence-electron chi connectivity index (χ2n) is 6.30. The van der Waals surface area contributed by atoms with Crippen LogP contribution in [-0.4, -0.2) is 52.2 Å². The van der Waals surface area contributed by atoms with Crippen LogP contribution in [0, 0.1) is 17.8 Å². The topological polar surface area (TPSA) is 73.7 Å². The van der Waals surface area contributed by atoms with Crippen molar-refractivity contribution in [3.8, 4) is 12.3 Å². The van der Waals surface area contributed by atoms with Crippen LogP contribution >= 0.6 is 0 Å². The number of hydrogen-bond acceptors (Lipinski definition) is 5. The fourth-order valence-corrected chi connectivity index (χ4v) is 3.38. The lowest BCUT2D eigenvalue weighted by molar-refractivity contribution is -0.114. The quantitative estimate of drug-likeness (QED) is 0.801. The number of Topliss-reactive ketones (excluding diaryl/α,β-unsaturated/α-hetero) is 1. The average molecular weight is 312 g/mol. The van der Waals surface area contributed by atoms with E-state index in [1.165, 1.54) is 0 Å². The van der Waals surface area contributed by atoms with Gasteiger partial charge in [-0.05, 0) is 24.5 Å². The Morgan fingerprint density at radius 2 is 2.00 bits per heavy atom. The Kier molecular flexibility index (Phi) is 4.20. The molecule has 0 radical (unpaired) electrons. The summed E-state index contributed by atoms with van der Waals surface area (Å²) in [4.78, 5) is 18.6. The van der Waals surface area contributed by atoms with Crippen molar-refractivity contribution in [2.24, 2.45) is 5.41 Å². The molecule has 1 aromatic rings. The largest absolute Gasteiger partial charge is 0.396 e. The lowest BCUT2D eigenvalue weighted by Crippen LogP contribution is -2.44. The van der Waals surface area contributed by atoms with Crippen LogP contribution in [0.25, 0.3) is 5.70 Å². The van der Waals surface area contributed by atoms with Crippen molar-refractivity contribution in [1.82, 2.24) is 9.88 Å². The Balaban J connectivity index is 1.97. The molecule has 2 N–H and O–H groups in total. The Bertz CT molecular complexity index is 688. The maximum atomic E-state index is 12.3. The molecule has 1 aliphatic carbocycles. The number of piperidine rings is 1. The molecule has 120 valence electrons. The lowest BCUT2D eigenvalue weighted by atomic mass is 9.79. The predicted octanol–water partition coefficient (Wildman–Crippen LogP) is 0.618. The van der Waals surface area contributed by atoms with E-state index in [0.29, 0.717) is 31.5 Å². The number of hydrogen-bond donors (Lipinski definition) is 2. The summed E-state index contributed by atoms with van der Waals surface area (Å²) in [5, 5.41) is 19.1. The number of allylic oxidation sites excluding steroid dienone is 1. The highest BCUT2D eigenvalue weighted by Crippen LogP contribution is 2.37. The first-order valence-electron chi connectivity index (χ1n) is 7.78. The second kappa shape index (κ2) is 6.15. The van der Waals surface area contributed by atoms with Crippen LogP contribution in [0.5, 0.6) is 0 Å². The molecule has 1 aromatic heterocycles. The highest BCUT2D eigenvalue weighted by Gasteiger charge is 2.36. The van der Waals surface area contributed by atoms with Crippen molar-refractivity contribution in [2.45, 2.75) is 19.3 Å². The Hall–Kier alpha value is -2.16. The zero-order valence-electron chi connectivity index (χ0n) is 13.0. The van der Waals surface area contributed by atoms with Crippen LogP contribution in [-0.2, 0) is 11.2 Å². The maximum Gasteiger partial charge on any atom is 0.177 e. The van der Waals surface area contributed by atoms with Gasteiger partial charge in [0.2, 0.25) is 0 Å². The monoisotopic (exact) mass is 312 g/mol. The Labute approximate surface area is 135 Å². The molecule has 0 atom stereocenters. The van der Waals surface area contributed by atoms with E-state index in [1.807, 2.05) is 6.07 Å². The number of terminal acetylenes is 1. The molecule has 0 saturated carbocycles. The van der Waals surface area contributed by atoms with Crippen molar-refractivity contribution >= 4 is 11.5 Å². The first-order valence-corrected chi connectivity index (χ1v) is 7.78. The van der Waals surface area contributed by atoms with Crippen molar-refractivity contribution in [3.63, 3.8) is 0 Å². The van der Waals surface area contributed by atoms with E-state index in [9.17, 15) is 15.0 Å². The standard InChI is InChI=1S/C18H20N2O3/c1-2-14-16(23)9-13-10-19-6-3-15(13)17(14)20-7-4-18(11-21,12-22)5-8-20/h1,3,6,10,21-22H,4-5,7-9,11-12H2. The highest BCUT2D eigenvalue weighted by atomic mass is 16.3.